The lowest BCUT2D eigenvalue weighted by Gasteiger charge is -2.21. The zero-order chi connectivity index (χ0) is 15.5. The number of fused-ring (bicyclic) bond motifs is 1. The topological polar surface area (TPSA) is 83.1 Å². The molecule has 1 heterocycles. The smallest absolute Gasteiger partial charge is 0.338 e. The number of carbonyl (C=O) groups excluding carboxylic acids is 2. The van der Waals surface area contributed by atoms with E-state index >= 15 is 0 Å². The maximum Gasteiger partial charge on any atom is 0.338 e. The molecule has 0 aromatic heterocycles. The van der Waals surface area contributed by atoms with Gasteiger partial charge in [0.15, 0.2) is 18.1 Å². The van der Waals surface area contributed by atoms with E-state index < -0.39 is 5.97 Å². The third kappa shape index (κ3) is 3.24. The van der Waals surface area contributed by atoms with Crippen molar-refractivity contribution in [1.82, 2.24) is 5.32 Å². The first-order valence-electron chi connectivity index (χ1n) is 7.11. The molecule has 1 fully saturated rings. The SMILES string of the molecule is COc1cc(C(=O)OCC(=O)NC2CC2)cc2c1OCCO2. The van der Waals surface area contributed by atoms with Crippen LogP contribution in [0.25, 0.3) is 0 Å². The van der Waals surface area contributed by atoms with Gasteiger partial charge in [0.05, 0.1) is 12.7 Å². The molecule has 0 saturated heterocycles. The van der Waals surface area contributed by atoms with Crippen LogP contribution < -0.4 is 19.5 Å². The molecule has 7 heteroatoms. The van der Waals surface area contributed by atoms with Crippen molar-refractivity contribution in [2.75, 3.05) is 26.9 Å². The van der Waals surface area contributed by atoms with Crippen molar-refractivity contribution in [3.8, 4) is 17.2 Å². The van der Waals surface area contributed by atoms with Gasteiger partial charge < -0.3 is 24.3 Å². The van der Waals surface area contributed by atoms with Crippen LogP contribution in [0.3, 0.4) is 0 Å². The van der Waals surface area contributed by atoms with Crippen molar-refractivity contribution in [3.05, 3.63) is 17.7 Å². The average molecular weight is 307 g/mol. The Kier molecular flexibility index (Phi) is 4.04. The standard InChI is InChI=1S/C15H17NO6/c1-19-11-6-9(7-12-14(11)21-5-4-20-12)15(18)22-8-13(17)16-10-2-3-10/h6-7,10H,2-5,8H2,1H3,(H,16,17). The molecule has 0 atom stereocenters. The first kappa shape index (κ1) is 14.5. The Labute approximate surface area is 127 Å². The third-order valence-corrected chi connectivity index (χ3v) is 3.34. The Morgan fingerprint density at radius 3 is 2.77 bits per heavy atom. The Morgan fingerprint density at radius 1 is 1.27 bits per heavy atom. The number of esters is 1. The van der Waals surface area contributed by atoms with Crippen LogP contribution in [0.4, 0.5) is 0 Å². The van der Waals surface area contributed by atoms with Crippen LogP contribution in [-0.2, 0) is 9.53 Å². The molecule has 0 radical (unpaired) electrons. The average Bonchev–Trinajstić information content (AvgIpc) is 3.35. The molecule has 1 aromatic carbocycles. The first-order valence-corrected chi connectivity index (χ1v) is 7.11. The van der Waals surface area contributed by atoms with Crippen molar-refractivity contribution in [2.24, 2.45) is 0 Å². The third-order valence-electron chi connectivity index (χ3n) is 3.34. The first-order chi connectivity index (χ1) is 10.7. The molecule has 7 nitrogen and oxygen atoms in total. The van der Waals surface area contributed by atoms with Gasteiger partial charge in [-0.15, -0.1) is 0 Å². The minimum Gasteiger partial charge on any atom is -0.493 e. The highest BCUT2D eigenvalue weighted by atomic mass is 16.6. The van der Waals surface area contributed by atoms with Gasteiger partial charge in [0.25, 0.3) is 5.91 Å². The number of benzene rings is 1. The molecule has 1 aliphatic heterocycles. The van der Waals surface area contributed by atoms with E-state index in [9.17, 15) is 9.59 Å². The van der Waals surface area contributed by atoms with E-state index in [1.54, 1.807) is 0 Å². The van der Waals surface area contributed by atoms with Gasteiger partial charge in [-0.25, -0.2) is 4.79 Å². The lowest BCUT2D eigenvalue weighted by molar-refractivity contribution is -0.124. The lowest BCUT2D eigenvalue weighted by Crippen LogP contribution is -2.30. The summed E-state index contributed by atoms with van der Waals surface area (Å²) in [7, 11) is 1.48. The number of nitrogens with one attached hydrogen (secondary N) is 1. The fourth-order valence-corrected chi connectivity index (χ4v) is 2.10. The van der Waals surface area contributed by atoms with E-state index in [1.807, 2.05) is 0 Å². The predicted molar refractivity (Wildman–Crippen MR) is 75.4 cm³/mol. The second-order valence-electron chi connectivity index (χ2n) is 5.12. The quantitative estimate of drug-likeness (QED) is 0.814. The van der Waals surface area contributed by atoms with Gasteiger partial charge >= 0.3 is 5.97 Å². The second-order valence-corrected chi connectivity index (χ2v) is 5.12. The Hall–Kier alpha value is -2.44. The number of carbonyl (C=O) groups is 2. The molecular weight excluding hydrogens is 290 g/mol. The van der Waals surface area contributed by atoms with Gasteiger partial charge in [-0.05, 0) is 25.0 Å². The summed E-state index contributed by atoms with van der Waals surface area (Å²) < 4.78 is 21.1. The van der Waals surface area contributed by atoms with Crippen molar-refractivity contribution in [1.29, 1.82) is 0 Å². The highest BCUT2D eigenvalue weighted by Crippen LogP contribution is 2.40. The van der Waals surface area contributed by atoms with E-state index in [-0.39, 0.29) is 24.1 Å². The highest BCUT2D eigenvalue weighted by Gasteiger charge is 2.25. The van der Waals surface area contributed by atoms with Gasteiger partial charge in [-0.2, -0.15) is 0 Å². The highest BCUT2D eigenvalue weighted by molar-refractivity contribution is 5.93. The summed E-state index contributed by atoms with van der Waals surface area (Å²) in [6.45, 7) is 0.527. The minimum absolute atomic E-state index is 0.237. The number of ether oxygens (including phenoxy) is 4. The molecule has 3 rings (SSSR count). The molecule has 0 bridgehead atoms. The van der Waals surface area contributed by atoms with Crippen LogP contribution in [0, 0.1) is 0 Å². The number of hydrogen-bond donors (Lipinski definition) is 1. The summed E-state index contributed by atoms with van der Waals surface area (Å²) in [4.78, 5) is 23.6. The van der Waals surface area contributed by atoms with E-state index in [4.69, 9.17) is 18.9 Å². The predicted octanol–water partition coefficient (Wildman–Crippen LogP) is 0.902. The summed E-state index contributed by atoms with van der Waals surface area (Å²) in [5.74, 6) is 0.393. The molecule has 0 unspecified atom stereocenters. The van der Waals surface area contributed by atoms with Crippen LogP contribution in [0.15, 0.2) is 12.1 Å². The van der Waals surface area contributed by atoms with Crippen LogP contribution >= 0.6 is 0 Å². The Bertz CT molecular complexity index is 579. The van der Waals surface area contributed by atoms with E-state index in [2.05, 4.69) is 5.32 Å². The Balaban J connectivity index is 1.67. The Morgan fingerprint density at radius 2 is 2.05 bits per heavy atom. The van der Waals surface area contributed by atoms with E-state index in [0.29, 0.717) is 30.5 Å². The molecule has 0 spiro atoms. The fraction of sp³-hybridized carbons (Fsp3) is 0.467. The van der Waals surface area contributed by atoms with Crippen LogP contribution in [0.2, 0.25) is 0 Å². The molecule has 2 aliphatic rings. The molecule has 118 valence electrons. The summed E-state index contributed by atoms with van der Waals surface area (Å²) in [6, 6.07) is 3.27. The monoisotopic (exact) mass is 307 g/mol. The molecular formula is C15H17NO6. The van der Waals surface area contributed by atoms with Crippen molar-refractivity contribution >= 4 is 11.9 Å². The number of amides is 1. The number of methoxy groups -OCH3 is 1. The van der Waals surface area contributed by atoms with Gasteiger partial charge in [-0.1, -0.05) is 0 Å². The molecule has 1 saturated carbocycles. The molecule has 1 aliphatic carbocycles. The summed E-state index contributed by atoms with van der Waals surface area (Å²) in [6.07, 6.45) is 1.97. The van der Waals surface area contributed by atoms with Gasteiger partial charge in [0, 0.05) is 6.04 Å². The summed E-state index contributed by atoms with van der Waals surface area (Å²) >= 11 is 0. The fourth-order valence-electron chi connectivity index (χ4n) is 2.10. The summed E-state index contributed by atoms with van der Waals surface area (Å²) in [5.41, 5.74) is 0.250. The van der Waals surface area contributed by atoms with Crippen molar-refractivity contribution in [2.45, 2.75) is 18.9 Å². The van der Waals surface area contributed by atoms with Crippen LogP contribution in [0.1, 0.15) is 23.2 Å². The number of rotatable bonds is 5. The maximum atomic E-state index is 12.1. The normalized spacial score (nSPS) is 15.9. The maximum absolute atomic E-state index is 12.1. The molecule has 1 aromatic rings. The largest absolute Gasteiger partial charge is 0.493 e. The zero-order valence-corrected chi connectivity index (χ0v) is 12.2. The number of hydrogen-bond acceptors (Lipinski definition) is 6. The van der Waals surface area contributed by atoms with Gasteiger partial charge in [0.2, 0.25) is 5.75 Å². The molecule has 1 amide bonds. The van der Waals surface area contributed by atoms with E-state index in [1.165, 1.54) is 19.2 Å². The zero-order valence-electron chi connectivity index (χ0n) is 12.2. The minimum atomic E-state index is -0.610. The van der Waals surface area contributed by atoms with Gasteiger partial charge in [-0.3, -0.25) is 4.79 Å². The molecule has 22 heavy (non-hydrogen) atoms. The second kappa shape index (κ2) is 6.13. The molecule has 1 N–H and O–H groups in total. The van der Waals surface area contributed by atoms with Crippen molar-refractivity contribution < 1.29 is 28.5 Å². The van der Waals surface area contributed by atoms with Crippen molar-refractivity contribution in [3.63, 3.8) is 0 Å². The van der Waals surface area contributed by atoms with E-state index in [0.717, 1.165) is 12.8 Å². The van der Waals surface area contributed by atoms with Crippen LogP contribution in [0.5, 0.6) is 17.2 Å². The summed E-state index contributed by atoms with van der Waals surface area (Å²) in [5, 5.41) is 2.75. The van der Waals surface area contributed by atoms with Gasteiger partial charge in [0.1, 0.15) is 13.2 Å². The van der Waals surface area contributed by atoms with Crippen LogP contribution in [-0.4, -0.2) is 44.8 Å². The lowest BCUT2D eigenvalue weighted by atomic mass is 10.1.